The molecule has 0 spiro atoms. The summed E-state index contributed by atoms with van der Waals surface area (Å²) in [5, 5.41) is 3.36. The Morgan fingerprint density at radius 3 is 2.40 bits per heavy atom. The smallest absolute Gasteiger partial charge is 0.134 e. The predicted octanol–water partition coefficient (Wildman–Crippen LogP) is 3.14. The van der Waals surface area contributed by atoms with E-state index in [1.165, 1.54) is 0 Å². The minimum absolute atomic E-state index is 0.638. The molecule has 0 amide bonds. The Labute approximate surface area is 138 Å². The van der Waals surface area contributed by atoms with Gasteiger partial charge in [0.2, 0.25) is 0 Å². The summed E-state index contributed by atoms with van der Waals surface area (Å²) in [6, 6.07) is 3.80. The van der Waals surface area contributed by atoms with Gasteiger partial charge in [0.25, 0.3) is 0 Å². The van der Waals surface area contributed by atoms with Crippen molar-refractivity contribution >= 4 is 31.9 Å². The van der Waals surface area contributed by atoms with E-state index in [1.54, 1.807) is 7.11 Å². The zero-order chi connectivity index (χ0) is 15.0. The summed E-state index contributed by atoms with van der Waals surface area (Å²) < 4.78 is 12.7. The zero-order valence-electron chi connectivity index (χ0n) is 12.2. The Morgan fingerprint density at radius 1 is 1.10 bits per heavy atom. The van der Waals surface area contributed by atoms with Crippen LogP contribution in [0.1, 0.15) is 6.42 Å². The Hall–Kier alpha value is -0.300. The van der Waals surface area contributed by atoms with Gasteiger partial charge in [0.15, 0.2) is 0 Å². The SMILES string of the molecule is COc1cc(Br)c(OCCNCCCN(C)C)cc1Br. The van der Waals surface area contributed by atoms with Crippen LogP contribution in [0, 0.1) is 0 Å². The fourth-order valence-corrected chi connectivity index (χ4v) is 2.58. The minimum Gasteiger partial charge on any atom is -0.496 e. The molecule has 6 heteroatoms. The molecule has 1 aromatic carbocycles. The van der Waals surface area contributed by atoms with Crippen LogP contribution < -0.4 is 14.8 Å². The lowest BCUT2D eigenvalue weighted by molar-refractivity contribution is 0.308. The average molecular weight is 410 g/mol. The van der Waals surface area contributed by atoms with Gasteiger partial charge in [0.05, 0.1) is 16.1 Å². The van der Waals surface area contributed by atoms with Crippen molar-refractivity contribution in [1.82, 2.24) is 10.2 Å². The highest BCUT2D eigenvalue weighted by molar-refractivity contribution is 9.11. The molecule has 1 N–H and O–H groups in total. The van der Waals surface area contributed by atoms with Crippen LogP contribution in [0.5, 0.6) is 11.5 Å². The van der Waals surface area contributed by atoms with Gasteiger partial charge in [-0.15, -0.1) is 0 Å². The van der Waals surface area contributed by atoms with Gasteiger partial charge in [0.1, 0.15) is 18.1 Å². The van der Waals surface area contributed by atoms with Crippen molar-refractivity contribution < 1.29 is 9.47 Å². The third-order valence-corrected chi connectivity index (χ3v) is 3.94. The summed E-state index contributed by atoms with van der Waals surface area (Å²) in [6.45, 7) is 3.59. The molecule has 0 bridgehead atoms. The van der Waals surface area contributed by atoms with Crippen LogP contribution in [-0.2, 0) is 0 Å². The molecule has 1 rings (SSSR count). The number of methoxy groups -OCH3 is 1. The minimum atomic E-state index is 0.638. The maximum atomic E-state index is 5.74. The Kier molecular flexibility index (Phi) is 8.52. The van der Waals surface area contributed by atoms with E-state index in [4.69, 9.17) is 9.47 Å². The van der Waals surface area contributed by atoms with Crippen LogP contribution in [0.25, 0.3) is 0 Å². The largest absolute Gasteiger partial charge is 0.496 e. The molecule has 0 aliphatic heterocycles. The zero-order valence-corrected chi connectivity index (χ0v) is 15.4. The van der Waals surface area contributed by atoms with E-state index in [9.17, 15) is 0 Å². The van der Waals surface area contributed by atoms with Crippen LogP contribution in [0.2, 0.25) is 0 Å². The Morgan fingerprint density at radius 2 is 1.75 bits per heavy atom. The lowest BCUT2D eigenvalue weighted by atomic mass is 10.3. The number of hydrogen-bond acceptors (Lipinski definition) is 4. The first kappa shape index (κ1) is 17.8. The second kappa shape index (κ2) is 9.60. The molecule has 114 valence electrons. The van der Waals surface area contributed by atoms with E-state index in [2.05, 4.69) is 56.2 Å². The molecule has 0 saturated carbocycles. The summed E-state index contributed by atoms with van der Waals surface area (Å²) in [4.78, 5) is 2.18. The number of halogens is 2. The molecular weight excluding hydrogens is 388 g/mol. The molecule has 0 aliphatic rings. The quantitative estimate of drug-likeness (QED) is 0.635. The Bertz CT molecular complexity index is 414. The first-order valence-electron chi connectivity index (χ1n) is 6.56. The van der Waals surface area contributed by atoms with E-state index in [-0.39, 0.29) is 0 Å². The molecule has 1 aromatic rings. The molecule has 0 unspecified atom stereocenters. The molecular formula is C14H22Br2N2O2. The topological polar surface area (TPSA) is 33.7 Å². The number of nitrogens with one attached hydrogen (secondary N) is 1. The van der Waals surface area contributed by atoms with Crippen molar-refractivity contribution in [2.75, 3.05) is 47.4 Å². The first-order valence-corrected chi connectivity index (χ1v) is 8.14. The highest BCUT2D eigenvalue weighted by Crippen LogP contribution is 2.35. The first-order chi connectivity index (χ1) is 9.54. The highest BCUT2D eigenvalue weighted by Gasteiger charge is 2.07. The van der Waals surface area contributed by atoms with E-state index >= 15 is 0 Å². The predicted molar refractivity (Wildman–Crippen MR) is 89.9 cm³/mol. The van der Waals surface area contributed by atoms with Gasteiger partial charge in [-0.25, -0.2) is 0 Å². The monoisotopic (exact) mass is 408 g/mol. The number of benzene rings is 1. The second-order valence-electron chi connectivity index (χ2n) is 4.67. The third-order valence-electron chi connectivity index (χ3n) is 2.70. The summed E-state index contributed by atoms with van der Waals surface area (Å²) in [7, 11) is 5.81. The van der Waals surface area contributed by atoms with E-state index in [1.807, 2.05) is 12.1 Å². The lowest BCUT2D eigenvalue weighted by Gasteiger charge is -2.12. The number of nitrogens with zero attached hydrogens (tertiary/aromatic N) is 1. The normalized spacial score (nSPS) is 10.9. The molecule has 0 heterocycles. The van der Waals surface area contributed by atoms with Crippen molar-refractivity contribution in [3.63, 3.8) is 0 Å². The highest BCUT2D eigenvalue weighted by atomic mass is 79.9. The van der Waals surface area contributed by atoms with Crippen LogP contribution >= 0.6 is 31.9 Å². The lowest BCUT2D eigenvalue weighted by Crippen LogP contribution is -2.25. The summed E-state index contributed by atoms with van der Waals surface area (Å²) in [6.07, 6.45) is 1.14. The second-order valence-corrected chi connectivity index (χ2v) is 6.38. The molecule has 0 aliphatic carbocycles. The van der Waals surface area contributed by atoms with Crippen molar-refractivity contribution in [3.05, 3.63) is 21.1 Å². The van der Waals surface area contributed by atoms with Gasteiger partial charge in [-0.05, 0) is 77.6 Å². The summed E-state index contributed by atoms with van der Waals surface area (Å²) in [5.41, 5.74) is 0. The van der Waals surface area contributed by atoms with Gasteiger partial charge in [-0.1, -0.05) is 0 Å². The standard InChI is InChI=1S/C14H22Br2N2O2/c1-18(2)7-4-5-17-6-8-20-14-10-11(15)13(19-3)9-12(14)16/h9-10,17H,4-8H2,1-3H3. The molecule has 4 nitrogen and oxygen atoms in total. The van der Waals surface area contributed by atoms with Crippen LogP contribution in [0.4, 0.5) is 0 Å². The number of hydrogen-bond donors (Lipinski definition) is 1. The number of ether oxygens (including phenoxy) is 2. The molecule has 20 heavy (non-hydrogen) atoms. The van der Waals surface area contributed by atoms with Gasteiger partial charge in [0, 0.05) is 6.54 Å². The van der Waals surface area contributed by atoms with Gasteiger partial charge in [-0.3, -0.25) is 0 Å². The van der Waals surface area contributed by atoms with Crippen molar-refractivity contribution in [3.8, 4) is 11.5 Å². The third kappa shape index (κ3) is 6.43. The van der Waals surface area contributed by atoms with Crippen LogP contribution in [0.3, 0.4) is 0 Å². The summed E-state index contributed by atoms with van der Waals surface area (Å²) >= 11 is 6.93. The van der Waals surface area contributed by atoms with E-state index in [0.717, 1.165) is 46.5 Å². The molecule has 0 radical (unpaired) electrons. The average Bonchev–Trinajstić information content (AvgIpc) is 2.40. The number of rotatable bonds is 9. The maximum absolute atomic E-state index is 5.74. The fourth-order valence-electron chi connectivity index (χ4n) is 1.66. The van der Waals surface area contributed by atoms with Crippen molar-refractivity contribution in [1.29, 1.82) is 0 Å². The van der Waals surface area contributed by atoms with Gasteiger partial charge in [-0.2, -0.15) is 0 Å². The molecule has 0 atom stereocenters. The van der Waals surface area contributed by atoms with Gasteiger partial charge >= 0.3 is 0 Å². The van der Waals surface area contributed by atoms with E-state index in [0.29, 0.717) is 6.61 Å². The Balaban J connectivity index is 2.27. The molecule has 0 aromatic heterocycles. The molecule has 0 saturated heterocycles. The van der Waals surface area contributed by atoms with Crippen LogP contribution in [0.15, 0.2) is 21.1 Å². The summed E-state index contributed by atoms with van der Waals surface area (Å²) in [5.74, 6) is 1.60. The van der Waals surface area contributed by atoms with Gasteiger partial charge < -0.3 is 19.7 Å². The van der Waals surface area contributed by atoms with E-state index < -0.39 is 0 Å². The molecule has 0 fully saturated rings. The van der Waals surface area contributed by atoms with Crippen LogP contribution in [-0.4, -0.2) is 52.3 Å². The maximum Gasteiger partial charge on any atom is 0.134 e. The van der Waals surface area contributed by atoms with Crippen molar-refractivity contribution in [2.45, 2.75) is 6.42 Å². The fraction of sp³-hybridized carbons (Fsp3) is 0.571. The van der Waals surface area contributed by atoms with Crippen molar-refractivity contribution in [2.24, 2.45) is 0 Å².